The summed E-state index contributed by atoms with van der Waals surface area (Å²) >= 11 is 0. The van der Waals surface area contributed by atoms with E-state index in [0.717, 1.165) is 23.5 Å². The Morgan fingerprint density at radius 1 is 1.12 bits per heavy atom. The van der Waals surface area contributed by atoms with E-state index in [9.17, 15) is 18.0 Å². The second kappa shape index (κ2) is 6.58. The van der Waals surface area contributed by atoms with E-state index in [1.54, 1.807) is 10.9 Å². The maximum atomic E-state index is 12.7. The molecule has 0 unspecified atom stereocenters. The minimum Gasteiger partial charge on any atom is -0.319 e. The van der Waals surface area contributed by atoms with Crippen LogP contribution < -0.4 is 5.32 Å². The Morgan fingerprint density at radius 3 is 2.38 bits per heavy atom. The fraction of sp³-hybridized carbons (Fsp3) is 0.176. The Labute approximate surface area is 146 Å². The zero-order valence-electron chi connectivity index (χ0n) is 13.9. The molecule has 26 heavy (non-hydrogen) atoms. The Kier molecular flexibility index (Phi) is 4.45. The molecule has 1 amide bonds. The SMILES string of the molecule is Cc1ncn(-c2ncc(NC(=O)c3cccc(C(F)(F)F)c3)cn2)c1C. The van der Waals surface area contributed by atoms with Gasteiger partial charge in [-0.1, -0.05) is 6.07 Å². The van der Waals surface area contributed by atoms with Crippen LogP contribution in [0.15, 0.2) is 43.0 Å². The van der Waals surface area contributed by atoms with Crippen LogP contribution in [0.1, 0.15) is 27.3 Å². The highest BCUT2D eigenvalue weighted by Crippen LogP contribution is 2.29. The zero-order valence-corrected chi connectivity index (χ0v) is 13.9. The van der Waals surface area contributed by atoms with Crippen LogP contribution in [0.5, 0.6) is 0 Å². The molecule has 0 saturated carbocycles. The third-order valence-electron chi connectivity index (χ3n) is 3.82. The van der Waals surface area contributed by atoms with Crippen LogP contribution >= 0.6 is 0 Å². The number of carbonyl (C=O) groups excluding carboxylic acids is 1. The van der Waals surface area contributed by atoms with Crippen molar-refractivity contribution in [3.63, 3.8) is 0 Å². The average Bonchev–Trinajstić information content (AvgIpc) is 2.94. The molecule has 3 aromatic rings. The normalized spacial score (nSPS) is 11.4. The molecule has 3 rings (SSSR count). The Hall–Kier alpha value is -3.23. The maximum absolute atomic E-state index is 12.7. The lowest BCUT2D eigenvalue weighted by Crippen LogP contribution is -2.14. The summed E-state index contributed by atoms with van der Waals surface area (Å²) in [5, 5.41) is 2.48. The number of nitrogens with one attached hydrogen (secondary N) is 1. The largest absolute Gasteiger partial charge is 0.416 e. The van der Waals surface area contributed by atoms with Gasteiger partial charge >= 0.3 is 6.18 Å². The molecule has 1 N–H and O–H groups in total. The number of amides is 1. The van der Waals surface area contributed by atoms with E-state index in [0.29, 0.717) is 5.95 Å². The van der Waals surface area contributed by atoms with Crippen molar-refractivity contribution in [2.75, 3.05) is 5.32 Å². The predicted octanol–water partition coefficient (Wildman–Crippen LogP) is 3.55. The van der Waals surface area contributed by atoms with Crippen molar-refractivity contribution < 1.29 is 18.0 Å². The van der Waals surface area contributed by atoms with Gasteiger partial charge in [-0.3, -0.25) is 9.36 Å². The van der Waals surface area contributed by atoms with Gasteiger partial charge in [0.05, 0.1) is 29.3 Å². The first-order valence-corrected chi connectivity index (χ1v) is 7.57. The van der Waals surface area contributed by atoms with Crippen molar-refractivity contribution in [1.29, 1.82) is 0 Å². The first kappa shape index (κ1) is 17.6. The smallest absolute Gasteiger partial charge is 0.319 e. The van der Waals surface area contributed by atoms with E-state index in [-0.39, 0.29) is 11.3 Å². The highest BCUT2D eigenvalue weighted by Gasteiger charge is 2.30. The number of aromatic nitrogens is 4. The molecule has 9 heteroatoms. The van der Waals surface area contributed by atoms with Crippen molar-refractivity contribution in [1.82, 2.24) is 19.5 Å². The minimum atomic E-state index is -4.51. The number of rotatable bonds is 3. The van der Waals surface area contributed by atoms with Crippen molar-refractivity contribution in [2.45, 2.75) is 20.0 Å². The molecule has 0 radical (unpaired) electrons. The summed E-state index contributed by atoms with van der Waals surface area (Å²) in [7, 11) is 0. The summed E-state index contributed by atoms with van der Waals surface area (Å²) in [6.07, 6.45) is -0.173. The predicted molar refractivity (Wildman–Crippen MR) is 88.0 cm³/mol. The van der Waals surface area contributed by atoms with E-state index in [4.69, 9.17) is 0 Å². The van der Waals surface area contributed by atoms with Gasteiger partial charge in [-0.15, -0.1) is 0 Å². The quantitative estimate of drug-likeness (QED) is 0.774. The molecule has 1 aromatic carbocycles. The summed E-state index contributed by atoms with van der Waals surface area (Å²) < 4.78 is 39.9. The van der Waals surface area contributed by atoms with E-state index in [2.05, 4.69) is 20.3 Å². The van der Waals surface area contributed by atoms with Gasteiger partial charge in [0.25, 0.3) is 5.91 Å². The minimum absolute atomic E-state index is 0.106. The van der Waals surface area contributed by atoms with Gasteiger partial charge in [-0.25, -0.2) is 15.0 Å². The second-order valence-electron chi connectivity index (χ2n) is 5.59. The van der Waals surface area contributed by atoms with Crippen LogP contribution in [-0.4, -0.2) is 25.4 Å². The summed E-state index contributed by atoms with van der Waals surface area (Å²) in [4.78, 5) is 24.6. The monoisotopic (exact) mass is 361 g/mol. The van der Waals surface area contributed by atoms with E-state index in [1.807, 2.05) is 13.8 Å². The summed E-state index contributed by atoms with van der Waals surface area (Å²) in [6, 6.07) is 4.19. The molecule has 2 aromatic heterocycles. The number of anilines is 1. The number of alkyl halides is 3. The first-order valence-electron chi connectivity index (χ1n) is 7.57. The Morgan fingerprint density at radius 2 is 1.81 bits per heavy atom. The van der Waals surface area contributed by atoms with Gasteiger partial charge in [0, 0.05) is 11.3 Å². The number of benzene rings is 1. The lowest BCUT2D eigenvalue weighted by molar-refractivity contribution is -0.137. The fourth-order valence-electron chi connectivity index (χ4n) is 2.25. The molecule has 0 bridgehead atoms. The average molecular weight is 361 g/mol. The number of aryl methyl sites for hydroxylation is 1. The van der Waals surface area contributed by atoms with Crippen molar-refractivity contribution in [3.8, 4) is 5.95 Å². The molecular formula is C17H14F3N5O. The number of nitrogens with zero attached hydrogens (tertiary/aromatic N) is 4. The molecule has 134 valence electrons. The molecule has 6 nitrogen and oxygen atoms in total. The topological polar surface area (TPSA) is 72.7 Å². The van der Waals surface area contributed by atoms with E-state index < -0.39 is 17.6 Å². The molecule has 0 fully saturated rings. The molecule has 0 aliphatic carbocycles. The molecule has 0 aliphatic rings. The Balaban J connectivity index is 1.77. The number of imidazole rings is 1. The van der Waals surface area contributed by atoms with Crippen LogP contribution in [0.4, 0.5) is 18.9 Å². The summed E-state index contributed by atoms with van der Waals surface area (Å²) in [6.45, 7) is 3.73. The number of halogens is 3. The van der Waals surface area contributed by atoms with Gasteiger partial charge in [-0.05, 0) is 32.0 Å². The van der Waals surface area contributed by atoms with Crippen molar-refractivity contribution in [3.05, 3.63) is 65.5 Å². The third-order valence-corrected chi connectivity index (χ3v) is 3.82. The number of hydrogen-bond donors (Lipinski definition) is 1. The first-order chi connectivity index (χ1) is 12.3. The third kappa shape index (κ3) is 3.56. The lowest BCUT2D eigenvalue weighted by atomic mass is 10.1. The van der Waals surface area contributed by atoms with Crippen LogP contribution in [-0.2, 0) is 6.18 Å². The molecule has 0 atom stereocenters. The van der Waals surface area contributed by atoms with Gasteiger partial charge in [0.1, 0.15) is 6.33 Å². The standard InChI is InChI=1S/C17H14F3N5O/c1-10-11(2)25(9-23-10)16-21-7-14(8-22-16)24-15(26)12-4-3-5-13(6-12)17(18,19)20/h3-9H,1-2H3,(H,24,26). The number of hydrogen-bond acceptors (Lipinski definition) is 4. The van der Waals surface area contributed by atoms with Crippen LogP contribution in [0.3, 0.4) is 0 Å². The van der Waals surface area contributed by atoms with Gasteiger partial charge in [0.2, 0.25) is 5.95 Å². The maximum Gasteiger partial charge on any atom is 0.416 e. The molecule has 0 spiro atoms. The van der Waals surface area contributed by atoms with E-state index >= 15 is 0 Å². The summed E-state index contributed by atoms with van der Waals surface area (Å²) in [5.41, 5.74) is 1.000. The van der Waals surface area contributed by atoms with Crippen molar-refractivity contribution >= 4 is 11.6 Å². The van der Waals surface area contributed by atoms with E-state index in [1.165, 1.54) is 24.5 Å². The number of carbonyl (C=O) groups is 1. The molecular weight excluding hydrogens is 347 g/mol. The van der Waals surface area contributed by atoms with Crippen molar-refractivity contribution in [2.24, 2.45) is 0 Å². The summed E-state index contributed by atoms with van der Waals surface area (Å²) in [5.74, 6) is -0.303. The molecule has 0 aliphatic heterocycles. The van der Waals surface area contributed by atoms with Crippen LogP contribution in [0, 0.1) is 13.8 Å². The molecule has 2 heterocycles. The molecule has 0 saturated heterocycles. The van der Waals surface area contributed by atoms with Crippen LogP contribution in [0.2, 0.25) is 0 Å². The van der Waals surface area contributed by atoms with Gasteiger partial charge < -0.3 is 5.32 Å². The van der Waals surface area contributed by atoms with Gasteiger partial charge in [0.15, 0.2) is 0 Å². The highest BCUT2D eigenvalue weighted by molar-refractivity contribution is 6.04. The van der Waals surface area contributed by atoms with Gasteiger partial charge in [-0.2, -0.15) is 13.2 Å². The van der Waals surface area contributed by atoms with Crippen LogP contribution in [0.25, 0.3) is 5.95 Å². The Bertz CT molecular complexity index is 948. The second-order valence-corrected chi connectivity index (χ2v) is 5.59. The highest BCUT2D eigenvalue weighted by atomic mass is 19.4. The fourth-order valence-corrected chi connectivity index (χ4v) is 2.25. The zero-order chi connectivity index (χ0) is 18.9. The lowest BCUT2D eigenvalue weighted by Gasteiger charge is -2.09.